The van der Waals surface area contributed by atoms with Gasteiger partial charge >= 0.3 is 0 Å². The number of aryl methyl sites for hydroxylation is 1. The van der Waals surface area contributed by atoms with Crippen LogP contribution in [0.25, 0.3) is 0 Å². The first-order chi connectivity index (χ1) is 13.4. The number of nitrogens with zero attached hydrogens (tertiary/aromatic N) is 1. The van der Waals surface area contributed by atoms with Crippen molar-refractivity contribution in [2.24, 2.45) is 5.92 Å². The summed E-state index contributed by atoms with van der Waals surface area (Å²) in [6.07, 6.45) is 1.60. The minimum Gasteiger partial charge on any atom is -0.385 e. The Morgan fingerprint density at radius 1 is 1.07 bits per heavy atom. The van der Waals surface area contributed by atoms with E-state index in [0.717, 1.165) is 37.4 Å². The first-order valence-corrected chi connectivity index (χ1v) is 11.5. The molecule has 0 amide bonds. The molecule has 0 saturated carbocycles. The molecule has 1 atom stereocenters. The lowest BCUT2D eigenvalue weighted by atomic mass is 9.99. The number of benzene rings is 2. The van der Waals surface area contributed by atoms with Crippen LogP contribution in [0.5, 0.6) is 0 Å². The molecular weight excluding hydrogens is 372 g/mol. The van der Waals surface area contributed by atoms with Crippen molar-refractivity contribution in [3.05, 3.63) is 60.2 Å². The van der Waals surface area contributed by atoms with Crippen molar-refractivity contribution in [2.45, 2.75) is 37.7 Å². The summed E-state index contributed by atoms with van der Waals surface area (Å²) in [7, 11) is -3.75. The van der Waals surface area contributed by atoms with Gasteiger partial charge in [-0.05, 0) is 49.9 Å². The summed E-state index contributed by atoms with van der Waals surface area (Å²) in [4.78, 5) is 1.60. The standard InChI is InChI=1S/C22H30N2O3S/c1-18-8-10-22(11-9-18)28(26,27)24(20-6-4-3-5-7-20)17-21(25)16-23-14-12-19(2)13-15-23/h3-11,19,21,25H,12-17H2,1-2H3/p+1/t21-/m1/s1. The maximum atomic E-state index is 13.3. The maximum Gasteiger partial charge on any atom is 0.264 e. The molecule has 152 valence electrons. The van der Waals surface area contributed by atoms with Gasteiger partial charge in [-0.15, -0.1) is 0 Å². The van der Waals surface area contributed by atoms with E-state index in [-0.39, 0.29) is 11.4 Å². The number of sulfonamides is 1. The summed E-state index contributed by atoms with van der Waals surface area (Å²) in [6.45, 7) is 6.89. The molecule has 0 bridgehead atoms. The zero-order chi connectivity index (χ0) is 20.1. The Kier molecular flexibility index (Phi) is 6.75. The SMILES string of the molecule is Cc1ccc(S(=O)(=O)N(C[C@H](O)C[NH+]2CCC(C)CC2)c2ccccc2)cc1. The van der Waals surface area contributed by atoms with Gasteiger partial charge in [0.1, 0.15) is 12.6 Å². The molecule has 1 fully saturated rings. The van der Waals surface area contributed by atoms with Crippen molar-refractivity contribution in [3.8, 4) is 0 Å². The summed E-state index contributed by atoms with van der Waals surface area (Å²) >= 11 is 0. The fourth-order valence-corrected chi connectivity index (χ4v) is 5.24. The Balaban J connectivity index is 1.80. The number of piperidine rings is 1. The highest BCUT2D eigenvalue weighted by Crippen LogP contribution is 2.24. The fourth-order valence-electron chi connectivity index (χ4n) is 3.74. The van der Waals surface area contributed by atoms with Crippen molar-refractivity contribution in [2.75, 3.05) is 30.5 Å². The number of likely N-dealkylation sites (tertiary alicyclic amines) is 1. The van der Waals surface area contributed by atoms with Crippen molar-refractivity contribution in [3.63, 3.8) is 0 Å². The number of hydrogen-bond acceptors (Lipinski definition) is 3. The number of anilines is 1. The van der Waals surface area contributed by atoms with E-state index >= 15 is 0 Å². The van der Waals surface area contributed by atoms with E-state index in [1.165, 1.54) is 9.21 Å². The van der Waals surface area contributed by atoms with Crippen LogP contribution in [0.2, 0.25) is 0 Å². The molecule has 2 aromatic rings. The van der Waals surface area contributed by atoms with Gasteiger partial charge < -0.3 is 10.0 Å². The lowest BCUT2D eigenvalue weighted by Gasteiger charge is -2.31. The van der Waals surface area contributed by atoms with E-state index in [9.17, 15) is 13.5 Å². The lowest BCUT2D eigenvalue weighted by molar-refractivity contribution is -0.909. The second kappa shape index (κ2) is 9.07. The fraction of sp³-hybridized carbons (Fsp3) is 0.455. The molecule has 0 unspecified atom stereocenters. The van der Waals surface area contributed by atoms with Gasteiger partial charge in [0.15, 0.2) is 0 Å². The molecule has 1 aliphatic rings. The molecule has 1 heterocycles. The van der Waals surface area contributed by atoms with Crippen LogP contribution in [-0.2, 0) is 10.0 Å². The third-order valence-corrected chi connectivity index (χ3v) is 7.34. The number of aliphatic hydroxyl groups excluding tert-OH is 1. The quantitative estimate of drug-likeness (QED) is 0.742. The van der Waals surface area contributed by atoms with E-state index in [1.807, 2.05) is 25.1 Å². The van der Waals surface area contributed by atoms with Gasteiger partial charge in [-0.1, -0.05) is 42.8 Å². The van der Waals surface area contributed by atoms with Crippen molar-refractivity contribution in [1.29, 1.82) is 0 Å². The second-order valence-corrected chi connectivity index (χ2v) is 9.84. The summed E-state index contributed by atoms with van der Waals surface area (Å²) in [5.41, 5.74) is 1.58. The largest absolute Gasteiger partial charge is 0.385 e. The molecule has 0 spiro atoms. The van der Waals surface area contributed by atoms with Crippen LogP contribution in [0.4, 0.5) is 5.69 Å². The van der Waals surface area contributed by atoms with Gasteiger partial charge in [-0.2, -0.15) is 0 Å². The van der Waals surface area contributed by atoms with Crippen LogP contribution < -0.4 is 9.21 Å². The number of hydrogen-bond donors (Lipinski definition) is 2. The highest BCUT2D eigenvalue weighted by Gasteiger charge is 2.29. The lowest BCUT2D eigenvalue weighted by Crippen LogP contribution is -3.14. The Morgan fingerprint density at radius 3 is 2.29 bits per heavy atom. The number of rotatable bonds is 7. The molecule has 3 rings (SSSR count). The first-order valence-electron chi connectivity index (χ1n) is 10.0. The summed E-state index contributed by atoms with van der Waals surface area (Å²) in [5, 5.41) is 10.7. The van der Waals surface area contributed by atoms with Gasteiger partial charge in [0.05, 0.1) is 30.2 Å². The van der Waals surface area contributed by atoms with Gasteiger partial charge in [0, 0.05) is 0 Å². The molecule has 0 radical (unpaired) electrons. The van der Waals surface area contributed by atoms with E-state index in [4.69, 9.17) is 0 Å². The van der Waals surface area contributed by atoms with Gasteiger partial charge in [0.25, 0.3) is 10.0 Å². The number of quaternary nitrogens is 1. The highest BCUT2D eigenvalue weighted by atomic mass is 32.2. The Hall–Kier alpha value is -1.89. The predicted molar refractivity (Wildman–Crippen MR) is 112 cm³/mol. The molecule has 2 N–H and O–H groups in total. The molecule has 0 aromatic heterocycles. The van der Waals surface area contributed by atoms with E-state index in [1.54, 1.807) is 36.4 Å². The zero-order valence-electron chi connectivity index (χ0n) is 16.7. The molecule has 5 nitrogen and oxygen atoms in total. The monoisotopic (exact) mass is 403 g/mol. The summed E-state index contributed by atoms with van der Waals surface area (Å²) in [5.74, 6) is 0.739. The molecule has 1 saturated heterocycles. The molecule has 1 aliphatic heterocycles. The van der Waals surface area contributed by atoms with Crippen LogP contribution in [0.3, 0.4) is 0 Å². The Bertz CT molecular complexity index is 845. The predicted octanol–water partition coefficient (Wildman–Crippen LogP) is 1.87. The number of nitrogens with one attached hydrogen (secondary N) is 1. The average molecular weight is 404 g/mol. The molecule has 2 aromatic carbocycles. The first kappa shape index (κ1) is 20.8. The topological polar surface area (TPSA) is 62.0 Å². The summed E-state index contributed by atoms with van der Waals surface area (Å²) in [6, 6.07) is 15.9. The second-order valence-electron chi connectivity index (χ2n) is 7.98. The Morgan fingerprint density at radius 2 is 1.68 bits per heavy atom. The van der Waals surface area contributed by atoms with E-state index in [0.29, 0.717) is 12.2 Å². The highest BCUT2D eigenvalue weighted by molar-refractivity contribution is 7.92. The normalized spacial score (nSPS) is 21.2. The van der Waals surface area contributed by atoms with Crippen LogP contribution in [0.1, 0.15) is 25.3 Å². The van der Waals surface area contributed by atoms with E-state index < -0.39 is 16.1 Å². The molecule has 28 heavy (non-hydrogen) atoms. The van der Waals surface area contributed by atoms with Crippen molar-refractivity contribution in [1.82, 2.24) is 0 Å². The number of para-hydroxylation sites is 1. The van der Waals surface area contributed by atoms with Gasteiger partial charge in [0.2, 0.25) is 0 Å². The van der Waals surface area contributed by atoms with Crippen LogP contribution in [0.15, 0.2) is 59.5 Å². The van der Waals surface area contributed by atoms with Crippen LogP contribution in [0, 0.1) is 12.8 Å². The third kappa shape index (κ3) is 5.13. The summed E-state index contributed by atoms with van der Waals surface area (Å²) < 4.78 is 28.0. The third-order valence-electron chi connectivity index (χ3n) is 5.54. The minimum absolute atomic E-state index is 0.0548. The number of aliphatic hydroxyl groups is 1. The van der Waals surface area contributed by atoms with E-state index in [2.05, 4.69) is 6.92 Å². The molecular formula is C22H31N2O3S+. The zero-order valence-corrected chi connectivity index (χ0v) is 17.5. The molecule has 0 aliphatic carbocycles. The average Bonchev–Trinajstić information content (AvgIpc) is 2.69. The minimum atomic E-state index is -3.75. The van der Waals surface area contributed by atoms with Gasteiger partial charge in [-0.25, -0.2) is 8.42 Å². The smallest absolute Gasteiger partial charge is 0.264 e. The van der Waals surface area contributed by atoms with Gasteiger partial charge in [-0.3, -0.25) is 4.31 Å². The molecule has 6 heteroatoms. The van der Waals surface area contributed by atoms with Crippen LogP contribution >= 0.6 is 0 Å². The Labute approximate surface area is 168 Å². The van der Waals surface area contributed by atoms with Crippen LogP contribution in [-0.4, -0.2) is 45.8 Å². The maximum absolute atomic E-state index is 13.3. The van der Waals surface area contributed by atoms with Crippen molar-refractivity contribution >= 4 is 15.7 Å². The van der Waals surface area contributed by atoms with Crippen molar-refractivity contribution < 1.29 is 18.4 Å².